The first-order valence-corrected chi connectivity index (χ1v) is 11.2. The number of alkyl halides is 3. The number of amides is 3. The van der Waals surface area contributed by atoms with Crippen molar-refractivity contribution in [1.82, 2.24) is 15.5 Å². The van der Waals surface area contributed by atoms with E-state index in [0.717, 1.165) is 12.1 Å². The summed E-state index contributed by atoms with van der Waals surface area (Å²) in [5.74, 6) is -2.89. The zero-order chi connectivity index (χ0) is 25.3. The third-order valence-electron chi connectivity index (χ3n) is 6.40. The molecule has 0 radical (unpaired) electrons. The minimum absolute atomic E-state index is 0.0417. The Balaban J connectivity index is 1.52. The molecule has 2 saturated heterocycles. The fourth-order valence-corrected chi connectivity index (χ4v) is 4.70. The van der Waals surface area contributed by atoms with Gasteiger partial charge in [-0.1, -0.05) is 24.3 Å². The summed E-state index contributed by atoms with van der Waals surface area (Å²) in [4.78, 5) is 51.9. The number of fused-ring (bicyclic) bond motifs is 1. The molecule has 2 unspecified atom stereocenters. The highest BCUT2D eigenvalue weighted by atomic mass is 19.4. The SMILES string of the molecule is O=C1CC(NC(=O)[C@@H]2CC[C@H]3C/C=C\C[C@H](NC(=O)c4ccccc4C(F)(F)F)C(=O)N32)C(O)O1. The van der Waals surface area contributed by atoms with Gasteiger partial charge in [-0.2, -0.15) is 13.2 Å². The number of carbonyl (C=O) groups is 4. The average molecular weight is 495 g/mol. The Morgan fingerprint density at radius 3 is 2.46 bits per heavy atom. The van der Waals surface area contributed by atoms with E-state index in [1.54, 1.807) is 12.2 Å². The van der Waals surface area contributed by atoms with E-state index in [4.69, 9.17) is 0 Å². The third kappa shape index (κ3) is 5.16. The zero-order valence-corrected chi connectivity index (χ0v) is 18.5. The Bertz CT molecular complexity index is 1060. The summed E-state index contributed by atoms with van der Waals surface area (Å²) in [5, 5.41) is 14.7. The molecular formula is C23H24F3N3O6. The standard InChI is InChI=1S/C23H24F3N3O6/c24-23(25,26)14-7-3-2-6-13(14)19(31)27-15-8-4-1-5-12-9-10-17(29(12)21(15)33)20(32)28-16-11-18(30)35-22(16)34/h1-4,6-7,12,15-17,22,34H,5,8-11H2,(H,27,31)(H,28,32)/b4-1-/t12-,15+,16?,17+,22?/m1/s1. The van der Waals surface area contributed by atoms with Crippen LogP contribution in [0.2, 0.25) is 0 Å². The lowest BCUT2D eigenvalue weighted by molar-refractivity contribution is -0.155. The Hall–Kier alpha value is -3.41. The van der Waals surface area contributed by atoms with Crippen molar-refractivity contribution >= 4 is 23.7 Å². The molecule has 4 rings (SSSR count). The van der Waals surface area contributed by atoms with Gasteiger partial charge in [0.1, 0.15) is 18.1 Å². The average Bonchev–Trinajstić information content (AvgIpc) is 3.35. The molecule has 0 saturated carbocycles. The first-order valence-electron chi connectivity index (χ1n) is 11.2. The van der Waals surface area contributed by atoms with Crippen molar-refractivity contribution in [3.63, 3.8) is 0 Å². The van der Waals surface area contributed by atoms with Crippen molar-refractivity contribution in [1.29, 1.82) is 0 Å². The van der Waals surface area contributed by atoms with Gasteiger partial charge in [0.15, 0.2) is 0 Å². The Morgan fingerprint density at radius 1 is 1.06 bits per heavy atom. The maximum Gasteiger partial charge on any atom is 0.417 e. The molecule has 3 aliphatic rings. The van der Waals surface area contributed by atoms with Crippen LogP contribution in [0.4, 0.5) is 13.2 Å². The molecule has 188 valence electrons. The number of aliphatic hydroxyl groups excluding tert-OH is 1. The number of hydrogen-bond acceptors (Lipinski definition) is 6. The molecule has 2 fully saturated rings. The highest BCUT2D eigenvalue weighted by Gasteiger charge is 2.45. The quantitative estimate of drug-likeness (QED) is 0.427. The predicted molar refractivity (Wildman–Crippen MR) is 113 cm³/mol. The largest absolute Gasteiger partial charge is 0.434 e. The van der Waals surface area contributed by atoms with Crippen molar-refractivity contribution in [2.24, 2.45) is 0 Å². The van der Waals surface area contributed by atoms with Crippen molar-refractivity contribution in [3.05, 3.63) is 47.5 Å². The van der Waals surface area contributed by atoms with Gasteiger partial charge in [-0.15, -0.1) is 0 Å². The molecule has 12 heteroatoms. The van der Waals surface area contributed by atoms with Gasteiger partial charge in [-0.05, 0) is 37.8 Å². The number of esters is 1. The lowest BCUT2D eigenvalue weighted by Gasteiger charge is -2.34. The maximum atomic E-state index is 13.4. The molecule has 0 aliphatic carbocycles. The smallest absolute Gasteiger partial charge is 0.417 e. The van der Waals surface area contributed by atoms with E-state index in [9.17, 15) is 37.5 Å². The van der Waals surface area contributed by atoms with Crippen molar-refractivity contribution in [2.75, 3.05) is 0 Å². The number of nitrogens with zero attached hydrogens (tertiary/aromatic N) is 1. The monoisotopic (exact) mass is 495 g/mol. The molecule has 1 aromatic rings. The van der Waals surface area contributed by atoms with Crippen LogP contribution in [0.1, 0.15) is 48.0 Å². The lowest BCUT2D eigenvalue weighted by Crippen LogP contribution is -2.57. The van der Waals surface area contributed by atoms with Gasteiger partial charge in [-0.3, -0.25) is 19.2 Å². The Morgan fingerprint density at radius 2 is 1.77 bits per heavy atom. The molecular weight excluding hydrogens is 471 g/mol. The van der Waals surface area contributed by atoms with E-state index in [1.165, 1.54) is 17.0 Å². The van der Waals surface area contributed by atoms with Crippen molar-refractivity contribution < 1.29 is 42.2 Å². The molecule has 3 amide bonds. The second-order valence-corrected chi connectivity index (χ2v) is 8.70. The van der Waals surface area contributed by atoms with Gasteiger partial charge >= 0.3 is 12.1 Å². The summed E-state index contributed by atoms with van der Waals surface area (Å²) in [7, 11) is 0. The minimum Gasteiger partial charge on any atom is -0.434 e. The van der Waals surface area contributed by atoms with Crippen LogP contribution in [0.25, 0.3) is 0 Å². The Kier molecular flexibility index (Phi) is 6.84. The molecule has 3 aliphatic heterocycles. The van der Waals surface area contributed by atoms with Gasteiger partial charge in [-0.25, -0.2) is 0 Å². The van der Waals surface area contributed by atoms with E-state index in [0.29, 0.717) is 19.3 Å². The summed E-state index contributed by atoms with van der Waals surface area (Å²) in [6, 6.07) is 0.885. The second-order valence-electron chi connectivity index (χ2n) is 8.70. The van der Waals surface area contributed by atoms with Crippen LogP contribution in [-0.4, -0.2) is 64.2 Å². The normalized spacial score (nSPS) is 29.6. The molecule has 3 N–H and O–H groups in total. The number of halogens is 3. The molecule has 1 aromatic carbocycles. The summed E-state index contributed by atoms with van der Waals surface area (Å²) in [6.45, 7) is 0. The molecule has 0 bridgehead atoms. The van der Waals surface area contributed by atoms with Crippen LogP contribution in [0.15, 0.2) is 36.4 Å². The lowest BCUT2D eigenvalue weighted by atomic mass is 10.0. The van der Waals surface area contributed by atoms with Gasteiger partial charge < -0.3 is 25.4 Å². The molecule has 35 heavy (non-hydrogen) atoms. The summed E-state index contributed by atoms with van der Waals surface area (Å²) >= 11 is 0. The van der Waals surface area contributed by atoms with Crippen LogP contribution in [0.5, 0.6) is 0 Å². The van der Waals surface area contributed by atoms with Gasteiger partial charge in [0.2, 0.25) is 18.1 Å². The summed E-state index contributed by atoms with van der Waals surface area (Å²) < 4.78 is 44.7. The van der Waals surface area contributed by atoms with E-state index in [1.807, 2.05) is 0 Å². The number of ether oxygens (including phenoxy) is 1. The predicted octanol–water partition coefficient (Wildman–Crippen LogP) is 1.26. The fraction of sp³-hybridized carbons (Fsp3) is 0.478. The molecule has 0 spiro atoms. The number of cyclic esters (lactones) is 1. The van der Waals surface area contributed by atoms with E-state index in [2.05, 4.69) is 15.4 Å². The fourth-order valence-electron chi connectivity index (χ4n) is 4.70. The van der Waals surface area contributed by atoms with E-state index < -0.39 is 65.4 Å². The molecule has 3 heterocycles. The van der Waals surface area contributed by atoms with E-state index >= 15 is 0 Å². The number of carbonyl (C=O) groups excluding carboxylic acids is 4. The Labute approximate surface area is 198 Å². The van der Waals surface area contributed by atoms with Crippen LogP contribution in [0.3, 0.4) is 0 Å². The number of hydrogen-bond donors (Lipinski definition) is 3. The van der Waals surface area contributed by atoms with Crippen LogP contribution >= 0.6 is 0 Å². The van der Waals surface area contributed by atoms with Crippen LogP contribution < -0.4 is 10.6 Å². The van der Waals surface area contributed by atoms with Gasteiger partial charge in [0.05, 0.1) is 17.5 Å². The minimum atomic E-state index is -4.75. The second kappa shape index (κ2) is 9.68. The zero-order valence-electron chi connectivity index (χ0n) is 18.5. The number of rotatable bonds is 4. The van der Waals surface area contributed by atoms with Gasteiger partial charge in [0, 0.05) is 6.04 Å². The third-order valence-corrected chi connectivity index (χ3v) is 6.40. The number of aliphatic hydroxyl groups is 1. The highest BCUT2D eigenvalue weighted by molar-refractivity contribution is 6.00. The first kappa shape index (κ1) is 24.7. The van der Waals surface area contributed by atoms with E-state index in [-0.39, 0.29) is 18.9 Å². The van der Waals surface area contributed by atoms with Crippen LogP contribution in [-0.2, 0) is 25.3 Å². The van der Waals surface area contributed by atoms with Crippen molar-refractivity contribution in [3.8, 4) is 0 Å². The number of nitrogens with one attached hydrogen (secondary N) is 2. The summed E-state index contributed by atoms with van der Waals surface area (Å²) in [5.41, 5.74) is -1.72. The topological polar surface area (TPSA) is 125 Å². The molecule has 9 nitrogen and oxygen atoms in total. The van der Waals surface area contributed by atoms with Crippen molar-refractivity contribution in [2.45, 2.75) is 68.7 Å². The van der Waals surface area contributed by atoms with Gasteiger partial charge in [0.25, 0.3) is 5.91 Å². The highest BCUT2D eigenvalue weighted by Crippen LogP contribution is 2.33. The maximum absolute atomic E-state index is 13.4. The first-order chi connectivity index (χ1) is 16.6. The molecule has 0 aromatic heterocycles. The number of benzene rings is 1. The molecule has 5 atom stereocenters. The van der Waals surface area contributed by atoms with Crippen LogP contribution in [0, 0.1) is 0 Å². The summed E-state index contributed by atoms with van der Waals surface area (Å²) in [6.07, 6.45) is -1.65.